The van der Waals surface area contributed by atoms with E-state index in [1.54, 1.807) is 18.9 Å². The zero-order valence-corrected chi connectivity index (χ0v) is 26.9. The molecule has 6 heterocycles. The molecule has 254 valence electrons. The molecule has 50 heavy (non-hydrogen) atoms. The number of nitrogens with two attached hydrogens (primary N) is 1. The lowest BCUT2D eigenvalue weighted by Crippen LogP contribution is -2.41. The van der Waals surface area contributed by atoms with Gasteiger partial charge in [0.05, 0.1) is 45.3 Å². The summed E-state index contributed by atoms with van der Waals surface area (Å²) in [5.41, 5.74) is 10.6. The Morgan fingerprint density at radius 3 is 2.22 bits per heavy atom. The van der Waals surface area contributed by atoms with Crippen molar-refractivity contribution in [3.8, 4) is 0 Å². The highest BCUT2D eigenvalue weighted by Crippen LogP contribution is 2.36. The van der Waals surface area contributed by atoms with Crippen LogP contribution in [0.3, 0.4) is 0 Å². The van der Waals surface area contributed by atoms with Crippen LogP contribution in [0.5, 0.6) is 0 Å². The predicted molar refractivity (Wildman–Crippen MR) is 183 cm³/mol. The maximum absolute atomic E-state index is 6.79. The highest BCUT2D eigenvalue weighted by atomic mass is 16.6. The molecule has 15 heteroatoms. The second kappa shape index (κ2) is 14.4. The van der Waals surface area contributed by atoms with Gasteiger partial charge in [0.25, 0.3) is 0 Å². The van der Waals surface area contributed by atoms with Gasteiger partial charge in [-0.3, -0.25) is 9.88 Å². The molecule has 1 saturated heterocycles. The summed E-state index contributed by atoms with van der Waals surface area (Å²) in [5.74, 6) is 1.71. The van der Waals surface area contributed by atoms with Crippen molar-refractivity contribution in [2.24, 2.45) is 0 Å². The minimum atomic E-state index is -0.616. The van der Waals surface area contributed by atoms with E-state index in [0.717, 1.165) is 16.9 Å². The van der Waals surface area contributed by atoms with Gasteiger partial charge in [0.15, 0.2) is 29.2 Å². The fraction of sp³-hybridized carbons (Fsp3) is 0.257. The highest BCUT2D eigenvalue weighted by molar-refractivity contribution is 5.82. The standard InChI is InChI=1S/C35H35N11O4/c36-31-27-34(42-18-39-31)46(22-44-27)35-30(49-17-24-10-5-2-6-11-24)29(48-16-23-8-3-1-4-9-23)26(50-35)15-37-20-45-21-43-28-32(40-19-41-33(28)45)38-14-25-12-7-13-47-25/h1-13,18-19,21-22,26,29-30,35,37H,14-17,20H2,(H2,36,39,42)(H,38,40,41). The van der Waals surface area contributed by atoms with E-state index in [1.807, 2.05) is 81.9 Å². The maximum Gasteiger partial charge on any atom is 0.167 e. The number of imidazole rings is 2. The third kappa shape index (κ3) is 6.62. The lowest BCUT2D eigenvalue weighted by atomic mass is 10.1. The van der Waals surface area contributed by atoms with Crippen LogP contribution in [-0.2, 0) is 40.6 Å². The molecule has 0 radical (unpaired) electrons. The van der Waals surface area contributed by atoms with E-state index in [0.29, 0.717) is 66.9 Å². The van der Waals surface area contributed by atoms with Crippen LogP contribution in [-0.4, -0.2) is 63.9 Å². The number of benzene rings is 2. The van der Waals surface area contributed by atoms with Gasteiger partial charge < -0.3 is 34.2 Å². The van der Waals surface area contributed by atoms with Crippen molar-refractivity contribution in [1.82, 2.24) is 44.4 Å². The number of furan rings is 1. The lowest BCUT2D eigenvalue weighted by molar-refractivity contribution is -0.0894. The first-order valence-electron chi connectivity index (χ1n) is 16.2. The Bertz CT molecular complexity index is 2140. The summed E-state index contributed by atoms with van der Waals surface area (Å²) >= 11 is 0. The second-order valence-corrected chi connectivity index (χ2v) is 11.8. The molecule has 4 unspecified atom stereocenters. The molecule has 2 aromatic carbocycles. The van der Waals surface area contributed by atoms with E-state index in [9.17, 15) is 0 Å². The molecule has 1 aliphatic rings. The van der Waals surface area contributed by atoms with Gasteiger partial charge in [-0.25, -0.2) is 29.9 Å². The normalized spacial score (nSPS) is 19.0. The smallest absolute Gasteiger partial charge is 0.167 e. The van der Waals surface area contributed by atoms with Crippen molar-refractivity contribution in [2.45, 2.75) is 51.0 Å². The van der Waals surface area contributed by atoms with Crippen molar-refractivity contribution < 1.29 is 18.6 Å². The molecule has 7 aromatic rings. The SMILES string of the molecule is Nc1ncnc2c1ncn2C1OC(CNCn2cnc3c(NCc4ccco4)ncnc32)C(OCc2ccccc2)C1OCc1ccccc1. The minimum absolute atomic E-state index is 0.291. The molecule has 0 saturated carbocycles. The van der Waals surface area contributed by atoms with Crippen molar-refractivity contribution >= 4 is 34.0 Å². The third-order valence-corrected chi connectivity index (χ3v) is 8.56. The molecule has 1 fully saturated rings. The van der Waals surface area contributed by atoms with Crippen molar-refractivity contribution in [2.75, 3.05) is 17.6 Å². The summed E-state index contributed by atoms with van der Waals surface area (Å²) in [7, 11) is 0. The van der Waals surface area contributed by atoms with Crippen LogP contribution in [0, 0.1) is 0 Å². The first kappa shape index (κ1) is 31.5. The number of nitrogen functional groups attached to an aromatic ring is 1. The number of ether oxygens (including phenoxy) is 3. The Labute approximate surface area is 286 Å². The Morgan fingerprint density at radius 2 is 1.46 bits per heavy atom. The van der Waals surface area contributed by atoms with Crippen molar-refractivity contribution in [3.05, 3.63) is 121 Å². The number of nitrogens with zero attached hydrogens (tertiary/aromatic N) is 8. The monoisotopic (exact) mass is 673 g/mol. The predicted octanol–water partition coefficient (Wildman–Crippen LogP) is 4.07. The molecule has 15 nitrogen and oxygen atoms in total. The molecule has 8 rings (SSSR count). The number of rotatable bonds is 14. The first-order valence-corrected chi connectivity index (χ1v) is 16.2. The average Bonchev–Trinajstić information content (AvgIpc) is 3.97. The molecule has 5 aromatic heterocycles. The van der Waals surface area contributed by atoms with Gasteiger partial charge in [0, 0.05) is 6.54 Å². The molecular weight excluding hydrogens is 638 g/mol. The summed E-state index contributed by atoms with van der Waals surface area (Å²) in [6, 6.07) is 23.8. The summed E-state index contributed by atoms with van der Waals surface area (Å²) < 4.78 is 29.3. The average molecular weight is 674 g/mol. The number of aromatic nitrogens is 8. The van der Waals surface area contributed by atoms with Gasteiger partial charge in [-0.1, -0.05) is 60.7 Å². The summed E-state index contributed by atoms with van der Waals surface area (Å²) in [6.07, 6.45) is 5.95. The largest absolute Gasteiger partial charge is 0.467 e. The van der Waals surface area contributed by atoms with Crippen molar-refractivity contribution in [1.29, 1.82) is 0 Å². The van der Waals surface area contributed by atoms with E-state index < -0.39 is 24.5 Å². The number of nitrogens with one attached hydrogen (secondary N) is 2. The summed E-state index contributed by atoms with van der Waals surface area (Å²) in [5, 5.41) is 6.81. The van der Waals surface area contributed by atoms with Crippen LogP contribution < -0.4 is 16.4 Å². The Hall–Kier alpha value is -5.74. The number of anilines is 2. The first-order chi connectivity index (χ1) is 24.7. The minimum Gasteiger partial charge on any atom is -0.467 e. The highest BCUT2D eigenvalue weighted by Gasteiger charge is 2.47. The van der Waals surface area contributed by atoms with Crippen LogP contribution >= 0.6 is 0 Å². The van der Waals surface area contributed by atoms with Gasteiger partial charge >= 0.3 is 0 Å². The Kier molecular flexibility index (Phi) is 9.08. The van der Waals surface area contributed by atoms with Crippen LogP contribution in [0.15, 0.2) is 109 Å². The van der Waals surface area contributed by atoms with Crippen LogP contribution in [0.4, 0.5) is 11.6 Å². The van der Waals surface area contributed by atoms with E-state index in [1.165, 1.54) is 12.7 Å². The van der Waals surface area contributed by atoms with E-state index in [4.69, 9.17) is 24.4 Å². The quantitative estimate of drug-likeness (QED) is 0.151. The molecule has 0 amide bonds. The molecule has 0 spiro atoms. The number of fused-ring (bicyclic) bond motifs is 2. The van der Waals surface area contributed by atoms with Crippen LogP contribution in [0.1, 0.15) is 23.1 Å². The molecule has 4 atom stereocenters. The maximum atomic E-state index is 6.79. The Morgan fingerprint density at radius 1 is 0.740 bits per heavy atom. The number of hydrogen-bond acceptors (Lipinski definition) is 13. The van der Waals surface area contributed by atoms with Gasteiger partial charge in [-0.2, -0.15) is 0 Å². The Balaban J connectivity index is 1.04. The van der Waals surface area contributed by atoms with E-state index in [-0.39, 0.29) is 0 Å². The fourth-order valence-electron chi connectivity index (χ4n) is 6.10. The van der Waals surface area contributed by atoms with Crippen LogP contribution in [0.2, 0.25) is 0 Å². The lowest BCUT2D eigenvalue weighted by Gasteiger charge is -2.25. The van der Waals surface area contributed by atoms with Crippen LogP contribution in [0.25, 0.3) is 22.3 Å². The van der Waals surface area contributed by atoms with E-state index >= 15 is 0 Å². The molecule has 0 bridgehead atoms. The fourth-order valence-corrected chi connectivity index (χ4v) is 6.10. The second-order valence-electron chi connectivity index (χ2n) is 11.8. The molecular formula is C35H35N11O4. The van der Waals surface area contributed by atoms with E-state index in [2.05, 4.69) is 40.5 Å². The van der Waals surface area contributed by atoms with Gasteiger partial charge in [0.2, 0.25) is 0 Å². The van der Waals surface area contributed by atoms with Gasteiger partial charge in [-0.05, 0) is 23.3 Å². The van der Waals surface area contributed by atoms with Gasteiger partial charge in [0.1, 0.15) is 47.8 Å². The molecule has 1 aliphatic heterocycles. The zero-order valence-electron chi connectivity index (χ0n) is 26.9. The molecule has 0 aliphatic carbocycles. The molecule has 4 N–H and O–H groups in total. The van der Waals surface area contributed by atoms with Crippen molar-refractivity contribution in [3.63, 3.8) is 0 Å². The third-order valence-electron chi connectivity index (χ3n) is 8.56. The summed E-state index contributed by atoms with van der Waals surface area (Å²) in [4.78, 5) is 26.6. The topological polar surface area (TPSA) is 178 Å². The number of hydrogen-bond donors (Lipinski definition) is 3. The van der Waals surface area contributed by atoms with Gasteiger partial charge in [-0.15, -0.1) is 0 Å². The summed E-state index contributed by atoms with van der Waals surface area (Å²) in [6.45, 7) is 2.05. The zero-order chi connectivity index (χ0) is 33.7.